The van der Waals surface area contributed by atoms with Gasteiger partial charge < -0.3 is 10.2 Å². The van der Waals surface area contributed by atoms with Crippen LogP contribution in [0.3, 0.4) is 0 Å². The van der Waals surface area contributed by atoms with Gasteiger partial charge in [0, 0.05) is 37.1 Å². The minimum absolute atomic E-state index is 0.337. The van der Waals surface area contributed by atoms with Gasteiger partial charge in [-0.1, -0.05) is 20.8 Å². The maximum atomic E-state index is 4.37. The quantitative estimate of drug-likeness (QED) is 0.911. The highest BCUT2D eigenvalue weighted by Crippen LogP contribution is 2.21. The predicted molar refractivity (Wildman–Crippen MR) is 78.1 cm³/mol. The minimum atomic E-state index is 0.337. The molecule has 0 bridgehead atoms. The molecule has 2 heterocycles. The molecule has 1 aromatic rings. The molecule has 4 heteroatoms. The number of rotatable bonds is 3. The molecule has 0 spiro atoms. The molecule has 1 atom stereocenters. The van der Waals surface area contributed by atoms with Crippen LogP contribution in [0.15, 0.2) is 11.6 Å². The Morgan fingerprint density at radius 1 is 1.50 bits per heavy atom. The summed E-state index contributed by atoms with van der Waals surface area (Å²) in [6, 6.07) is 0.594. The molecule has 1 unspecified atom stereocenters. The highest BCUT2D eigenvalue weighted by Gasteiger charge is 2.27. The maximum Gasteiger partial charge on any atom is 0.0937 e. The molecule has 3 nitrogen and oxygen atoms in total. The number of nitrogens with zero attached hydrogens (tertiary/aromatic N) is 2. The Kier molecular flexibility index (Phi) is 4.76. The lowest BCUT2D eigenvalue weighted by Gasteiger charge is -2.33. The average Bonchev–Trinajstić information content (AvgIpc) is 2.69. The van der Waals surface area contributed by atoms with Crippen LogP contribution in [0.4, 0.5) is 0 Å². The SMILES string of the molecule is CC(C)(C)C1CN(CCc2nccs2)CCCN1. The van der Waals surface area contributed by atoms with Gasteiger partial charge in [-0.15, -0.1) is 11.3 Å². The van der Waals surface area contributed by atoms with Crippen LogP contribution in [0.25, 0.3) is 0 Å². The lowest BCUT2D eigenvalue weighted by Crippen LogP contribution is -2.46. The highest BCUT2D eigenvalue weighted by molar-refractivity contribution is 7.09. The van der Waals surface area contributed by atoms with Crippen LogP contribution >= 0.6 is 11.3 Å². The van der Waals surface area contributed by atoms with Gasteiger partial charge in [-0.25, -0.2) is 4.98 Å². The largest absolute Gasteiger partial charge is 0.312 e. The standard InChI is InChI=1S/C14H25N3S/c1-14(2,3)12-11-17(8-4-6-15-12)9-5-13-16-7-10-18-13/h7,10,12,15H,4-6,8-9,11H2,1-3H3. The highest BCUT2D eigenvalue weighted by atomic mass is 32.1. The number of nitrogens with one attached hydrogen (secondary N) is 1. The molecule has 1 fully saturated rings. The van der Waals surface area contributed by atoms with Crippen LogP contribution in [0, 0.1) is 5.41 Å². The van der Waals surface area contributed by atoms with Crippen molar-refractivity contribution >= 4 is 11.3 Å². The molecule has 1 N–H and O–H groups in total. The van der Waals surface area contributed by atoms with E-state index in [4.69, 9.17) is 0 Å². The summed E-state index contributed by atoms with van der Waals surface area (Å²) in [6.07, 6.45) is 4.25. The van der Waals surface area contributed by atoms with E-state index in [0.717, 1.165) is 26.1 Å². The first-order valence-corrected chi connectivity index (χ1v) is 7.78. The maximum absolute atomic E-state index is 4.37. The van der Waals surface area contributed by atoms with Crippen molar-refractivity contribution < 1.29 is 0 Å². The van der Waals surface area contributed by atoms with Gasteiger partial charge in [-0.2, -0.15) is 0 Å². The van der Waals surface area contributed by atoms with Gasteiger partial charge in [-0.3, -0.25) is 0 Å². The first-order valence-electron chi connectivity index (χ1n) is 6.90. The lowest BCUT2D eigenvalue weighted by atomic mass is 9.86. The van der Waals surface area contributed by atoms with Gasteiger partial charge in [0.05, 0.1) is 5.01 Å². The summed E-state index contributed by atoms with van der Waals surface area (Å²) in [5.74, 6) is 0. The molecule has 0 aromatic carbocycles. The Hall–Kier alpha value is -0.450. The van der Waals surface area contributed by atoms with E-state index in [1.165, 1.54) is 18.0 Å². The molecule has 0 amide bonds. The van der Waals surface area contributed by atoms with Crippen molar-refractivity contribution in [3.63, 3.8) is 0 Å². The van der Waals surface area contributed by atoms with Crippen molar-refractivity contribution in [2.45, 2.75) is 39.7 Å². The van der Waals surface area contributed by atoms with Crippen molar-refractivity contribution in [2.75, 3.05) is 26.2 Å². The summed E-state index contributed by atoms with van der Waals surface area (Å²) < 4.78 is 0. The zero-order valence-electron chi connectivity index (χ0n) is 11.8. The number of hydrogen-bond donors (Lipinski definition) is 1. The van der Waals surface area contributed by atoms with E-state index in [1.807, 2.05) is 6.20 Å². The summed E-state index contributed by atoms with van der Waals surface area (Å²) in [5.41, 5.74) is 0.337. The molecule has 2 rings (SSSR count). The zero-order valence-corrected chi connectivity index (χ0v) is 12.6. The minimum Gasteiger partial charge on any atom is -0.312 e. The molecule has 102 valence electrons. The van der Waals surface area contributed by atoms with E-state index >= 15 is 0 Å². The van der Waals surface area contributed by atoms with Crippen LogP contribution in [0.1, 0.15) is 32.2 Å². The second-order valence-electron chi connectivity index (χ2n) is 6.20. The Balaban J connectivity index is 1.87. The molecule has 0 saturated carbocycles. The Bertz CT molecular complexity index is 342. The second kappa shape index (κ2) is 6.13. The van der Waals surface area contributed by atoms with E-state index in [9.17, 15) is 0 Å². The first-order chi connectivity index (χ1) is 8.55. The predicted octanol–water partition coefficient (Wildman–Crippen LogP) is 2.40. The normalized spacial score (nSPS) is 22.9. The summed E-state index contributed by atoms with van der Waals surface area (Å²) in [4.78, 5) is 6.96. The Labute approximate surface area is 115 Å². The molecule has 1 saturated heterocycles. The molecule has 0 aliphatic carbocycles. The molecule has 0 radical (unpaired) electrons. The summed E-state index contributed by atoms with van der Waals surface area (Å²) in [7, 11) is 0. The molecule has 1 aliphatic heterocycles. The Morgan fingerprint density at radius 2 is 2.33 bits per heavy atom. The fourth-order valence-electron chi connectivity index (χ4n) is 2.41. The van der Waals surface area contributed by atoms with E-state index in [1.54, 1.807) is 11.3 Å². The van der Waals surface area contributed by atoms with Crippen molar-refractivity contribution in [3.05, 3.63) is 16.6 Å². The van der Waals surface area contributed by atoms with Crippen molar-refractivity contribution in [1.82, 2.24) is 15.2 Å². The molecular formula is C14H25N3S. The average molecular weight is 267 g/mol. The van der Waals surface area contributed by atoms with Gasteiger partial charge in [0.25, 0.3) is 0 Å². The summed E-state index contributed by atoms with van der Waals surface area (Å²) >= 11 is 1.77. The number of aromatic nitrogens is 1. The van der Waals surface area contributed by atoms with Crippen LogP contribution in [-0.4, -0.2) is 42.1 Å². The fraction of sp³-hybridized carbons (Fsp3) is 0.786. The van der Waals surface area contributed by atoms with Crippen molar-refractivity contribution in [1.29, 1.82) is 0 Å². The molecule has 1 aromatic heterocycles. The molecular weight excluding hydrogens is 242 g/mol. The van der Waals surface area contributed by atoms with Gasteiger partial charge in [-0.05, 0) is 24.9 Å². The van der Waals surface area contributed by atoms with E-state index in [-0.39, 0.29) is 0 Å². The van der Waals surface area contributed by atoms with E-state index < -0.39 is 0 Å². The van der Waals surface area contributed by atoms with Crippen molar-refractivity contribution in [2.24, 2.45) is 5.41 Å². The third kappa shape index (κ3) is 4.04. The second-order valence-corrected chi connectivity index (χ2v) is 7.18. The van der Waals surface area contributed by atoms with Crippen LogP contribution in [0.5, 0.6) is 0 Å². The Morgan fingerprint density at radius 3 is 3.00 bits per heavy atom. The number of thiazole rings is 1. The topological polar surface area (TPSA) is 28.2 Å². The van der Waals surface area contributed by atoms with Crippen LogP contribution in [-0.2, 0) is 6.42 Å². The third-order valence-electron chi connectivity index (χ3n) is 3.65. The molecule has 18 heavy (non-hydrogen) atoms. The van der Waals surface area contributed by atoms with Crippen LogP contribution in [0.2, 0.25) is 0 Å². The van der Waals surface area contributed by atoms with E-state index in [0.29, 0.717) is 11.5 Å². The lowest BCUT2D eigenvalue weighted by molar-refractivity contribution is 0.198. The first kappa shape index (κ1) is 14.0. The third-order valence-corrected chi connectivity index (χ3v) is 4.49. The fourth-order valence-corrected chi connectivity index (χ4v) is 3.02. The monoisotopic (exact) mass is 267 g/mol. The molecule has 1 aliphatic rings. The van der Waals surface area contributed by atoms with Gasteiger partial charge in [0.2, 0.25) is 0 Å². The van der Waals surface area contributed by atoms with Crippen LogP contribution < -0.4 is 5.32 Å². The number of hydrogen-bond acceptors (Lipinski definition) is 4. The zero-order chi connectivity index (χ0) is 13.0. The van der Waals surface area contributed by atoms with Gasteiger partial charge in [0.15, 0.2) is 0 Å². The van der Waals surface area contributed by atoms with E-state index in [2.05, 4.69) is 41.4 Å². The smallest absolute Gasteiger partial charge is 0.0937 e. The van der Waals surface area contributed by atoms with Gasteiger partial charge in [0.1, 0.15) is 0 Å². The van der Waals surface area contributed by atoms with Crippen molar-refractivity contribution in [3.8, 4) is 0 Å². The summed E-state index contributed by atoms with van der Waals surface area (Å²) in [6.45, 7) is 11.6. The van der Waals surface area contributed by atoms with Gasteiger partial charge >= 0.3 is 0 Å². The summed E-state index contributed by atoms with van der Waals surface area (Å²) in [5, 5.41) is 7.02.